The van der Waals surface area contributed by atoms with Gasteiger partial charge in [-0.15, -0.1) is 0 Å². The van der Waals surface area contributed by atoms with Gasteiger partial charge in [-0.2, -0.15) is 0 Å². The number of hydrogen-bond acceptors (Lipinski definition) is 4. The number of nitrogens with one attached hydrogen (secondary N) is 1. The number of nitrogens with zero attached hydrogens (tertiary/aromatic N) is 1. The highest BCUT2D eigenvalue weighted by molar-refractivity contribution is 5.49. The first-order chi connectivity index (χ1) is 10.8. The van der Waals surface area contributed by atoms with Gasteiger partial charge in [-0.25, -0.2) is 0 Å². The Bertz CT molecular complexity index is 592. The first-order valence-electron chi connectivity index (χ1n) is 7.78. The van der Waals surface area contributed by atoms with Gasteiger partial charge in [0.25, 0.3) is 0 Å². The Morgan fingerprint density at radius 2 is 1.73 bits per heavy atom. The molecule has 116 valence electrons. The van der Waals surface area contributed by atoms with E-state index < -0.39 is 0 Å². The molecule has 1 saturated heterocycles. The molecule has 22 heavy (non-hydrogen) atoms. The SMILES string of the molecule is Oc1ccccc1CCOc1ccc(N2CCNCC2)cc1. The van der Waals surface area contributed by atoms with Crippen molar-refractivity contribution in [3.05, 3.63) is 54.1 Å². The van der Waals surface area contributed by atoms with Crippen LogP contribution in [0.5, 0.6) is 11.5 Å². The second-order valence-electron chi connectivity index (χ2n) is 5.46. The smallest absolute Gasteiger partial charge is 0.119 e. The molecular formula is C18H22N2O2. The van der Waals surface area contributed by atoms with E-state index in [9.17, 15) is 5.11 Å². The van der Waals surface area contributed by atoms with Gasteiger partial charge in [-0.3, -0.25) is 0 Å². The van der Waals surface area contributed by atoms with Crippen molar-refractivity contribution in [3.63, 3.8) is 0 Å². The molecular weight excluding hydrogens is 276 g/mol. The lowest BCUT2D eigenvalue weighted by Crippen LogP contribution is -2.43. The zero-order chi connectivity index (χ0) is 15.2. The fourth-order valence-electron chi connectivity index (χ4n) is 2.68. The molecule has 0 aliphatic carbocycles. The van der Waals surface area contributed by atoms with Crippen molar-refractivity contribution in [1.29, 1.82) is 0 Å². The Morgan fingerprint density at radius 3 is 2.45 bits per heavy atom. The van der Waals surface area contributed by atoms with Crippen LogP contribution in [0.3, 0.4) is 0 Å². The van der Waals surface area contributed by atoms with Crippen LogP contribution in [0, 0.1) is 0 Å². The van der Waals surface area contributed by atoms with E-state index in [2.05, 4.69) is 22.3 Å². The number of benzene rings is 2. The number of anilines is 1. The van der Waals surface area contributed by atoms with Gasteiger partial charge in [0, 0.05) is 38.3 Å². The van der Waals surface area contributed by atoms with Gasteiger partial charge >= 0.3 is 0 Å². The molecule has 0 bridgehead atoms. The molecule has 0 amide bonds. The van der Waals surface area contributed by atoms with Gasteiger partial charge in [-0.05, 0) is 35.9 Å². The maximum Gasteiger partial charge on any atom is 0.119 e. The van der Waals surface area contributed by atoms with Gasteiger partial charge in [0.05, 0.1) is 6.61 Å². The molecule has 4 heteroatoms. The summed E-state index contributed by atoms with van der Waals surface area (Å²) in [5, 5.41) is 13.1. The first-order valence-corrected chi connectivity index (χ1v) is 7.78. The molecule has 0 atom stereocenters. The molecule has 0 saturated carbocycles. The van der Waals surface area contributed by atoms with Gasteiger partial charge < -0.3 is 20.1 Å². The second kappa shape index (κ2) is 7.18. The normalized spacial score (nSPS) is 14.8. The van der Waals surface area contributed by atoms with Gasteiger partial charge in [0.1, 0.15) is 11.5 Å². The monoisotopic (exact) mass is 298 g/mol. The highest BCUT2D eigenvalue weighted by Gasteiger charge is 2.10. The van der Waals surface area contributed by atoms with Crippen LogP contribution in [0.1, 0.15) is 5.56 Å². The third kappa shape index (κ3) is 3.71. The van der Waals surface area contributed by atoms with Crippen molar-refractivity contribution in [1.82, 2.24) is 5.32 Å². The van der Waals surface area contributed by atoms with Crippen LogP contribution in [0.25, 0.3) is 0 Å². The number of ether oxygens (including phenoxy) is 1. The predicted molar refractivity (Wildman–Crippen MR) is 88.8 cm³/mol. The molecule has 1 heterocycles. The van der Waals surface area contributed by atoms with Crippen LogP contribution in [0.15, 0.2) is 48.5 Å². The van der Waals surface area contributed by atoms with E-state index in [1.165, 1.54) is 5.69 Å². The minimum atomic E-state index is 0.333. The van der Waals surface area contributed by atoms with E-state index in [1.54, 1.807) is 6.07 Å². The van der Waals surface area contributed by atoms with Crippen LogP contribution < -0.4 is 15.0 Å². The lowest BCUT2D eigenvalue weighted by atomic mass is 10.1. The summed E-state index contributed by atoms with van der Waals surface area (Å²) in [6.07, 6.45) is 0.701. The largest absolute Gasteiger partial charge is 0.508 e. The molecule has 2 aromatic rings. The predicted octanol–water partition coefficient (Wildman–Crippen LogP) is 2.42. The topological polar surface area (TPSA) is 44.7 Å². The van der Waals surface area contributed by atoms with Gasteiger partial charge in [0.15, 0.2) is 0 Å². The number of aromatic hydroxyl groups is 1. The summed E-state index contributed by atoms with van der Waals surface area (Å²) in [4.78, 5) is 2.38. The zero-order valence-electron chi connectivity index (χ0n) is 12.7. The average molecular weight is 298 g/mol. The number of piperazine rings is 1. The Hall–Kier alpha value is -2.20. The van der Waals surface area contributed by atoms with Crippen molar-refractivity contribution < 1.29 is 9.84 Å². The number of phenolic OH excluding ortho intramolecular Hbond substituents is 1. The molecule has 4 nitrogen and oxygen atoms in total. The number of rotatable bonds is 5. The van der Waals surface area contributed by atoms with E-state index in [1.807, 2.05) is 30.3 Å². The summed E-state index contributed by atoms with van der Waals surface area (Å²) in [7, 11) is 0. The molecule has 2 N–H and O–H groups in total. The minimum absolute atomic E-state index is 0.333. The summed E-state index contributed by atoms with van der Waals surface area (Å²) in [5.41, 5.74) is 2.16. The van der Waals surface area contributed by atoms with E-state index in [4.69, 9.17) is 4.74 Å². The minimum Gasteiger partial charge on any atom is -0.508 e. The van der Waals surface area contributed by atoms with Crippen molar-refractivity contribution in [2.75, 3.05) is 37.7 Å². The molecule has 1 aliphatic rings. The van der Waals surface area contributed by atoms with E-state index >= 15 is 0 Å². The second-order valence-corrected chi connectivity index (χ2v) is 5.46. The lowest BCUT2D eigenvalue weighted by molar-refractivity contribution is 0.319. The van der Waals surface area contributed by atoms with Crippen molar-refractivity contribution in [2.24, 2.45) is 0 Å². The van der Waals surface area contributed by atoms with Crippen LogP contribution in [-0.2, 0) is 6.42 Å². The maximum atomic E-state index is 9.72. The van der Waals surface area contributed by atoms with E-state index in [0.717, 1.165) is 37.5 Å². The number of para-hydroxylation sites is 1. The number of phenols is 1. The fraction of sp³-hybridized carbons (Fsp3) is 0.333. The fourth-order valence-corrected chi connectivity index (χ4v) is 2.68. The van der Waals surface area contributed by atoms with E-state index in [0.29, 0.717) is 18.8 Å². The summed E-state index contributed by atoms with van der Waals surface area (Å²) >= 11 is 0. The molecule has 0 spiro atoms. The Balaban J connectivity index is 1.52. The standard InChI is InChI=1S/C18H22N2O2/c21-18-4-2-1-3-15(18)9-14-22-17-7-5-16(6-8-17)20-12-10-19-11-13-20/h1-8,19,21H,9-14H2. The summed E-state index contributed by atoms with van der Waals surface area (Å²) in [5.74, 6) is 1.20. The van der Waals surface area contributed by atoms with Crippen molar-refractivity contribution in [3.8, 4) is 11.5 Å². The van der Waals surface area contributed by atoms with Crippen molar-refractivity contribution >= 4 is 5.69 Å². The Labute approximate surface area is 131 Å². The summed E-state index contributed by atoms with van der Waals surface area (Å²) in [6, 6.07) is 15.6. The molecule has 1 fully saturated rings. The average Bonchev–Trinajstić information content (AvgIpc) is 2.58. The molecule has 0 unspecified atom stereocenters. The molecule has 2 aromatic carbocycles. The summed E-state index contributed by atoms with van der Waals surface area (Å²) in [6.45, 7) is 4.74. The maximum absolute atomic E-state index is 9.72. The summed E-state index contributed by atoms with van der Waals surface area (Å²) < 4.78 is 5.77. The highest BCUT2D eigenvalue weighted by atomic mass is 16.5. The Morgan fingerprint density at radius 1 is 1.00 bits per heavy atom. The quantitative estimate of drug-likeness (QED) is 0.890. The van der Waals surface area contributed by atoms with Gasteiger partial charge in [-0.1, -0.05) is 18.2 Å². The Kier molecular flexibility index (Phi) is 4.81. The lowest BCUT2D eigenvalue weighted by Gasteiger charge is -2.29. The van der Waals surface area contributed by atoms with Gasteiger partial charge in [0.2, 0.25) is 0 Å². The molecule has 0 aromatic heterocycles. The molecule has 3 rings (SSSR count). The van der Waals surface area contributed by atoms with Crippen molar-refractivity contribution in [2.45, 2.75) is 6.42 Å². The zero-order valence-corrected chi connectivity index (χ0v) is 12.7. The van der Waals surface area contributed by atoms with Crippen LogP contribution in [0.4, 0.5) is 5.69 Å². The van der Waals surface area contributed by atoms with E-state index in [-0.39, 0.29) is 0 Å². The van der Waals surface area contributed by atoms with Crippen LogP contribution >= 0.6 is 0 Å². The third-order valence-corrected chi connectivity index (χ3v) is 3.95. The third-order valence-electron chi connectivity index (χ3n) is 3.95. The first kappa shape index (κ1) is 14.7. The highest BCUT2D eigenvalue weighted by Crippen LogP contribution is 2.21. The number of hydrogen-bond donors (Lipinski definition) is 2. The van der Waals surface area contributed by atoms with Crippen LogP contribution in [0.2, 0.25) is 0 Å². The molecule has 0 radical (unpaired) electrons. The van der Waals surface area contributed by atoms with Crippen LogP contribution in [-0.4, -0.2) is 37.9 Å². The molecule has 1 aliphatic heterocycles.